The maximum Gasteiger partial charge on any atom is 0.255 e. The average molecular weight is 364 g/mol. The average Bonchev–Trinajstić information content (AvgIpc) is 2.87. The lowest BCUT2D eigenvalue weighted by molar-refractivity contribution is -0.130. The second-order valence-corrected chi connectivity index (χ2v) is 7.72. The minimum Gasteiger partial charge on any atom is -0.381 e. The maximum absolute atomic E-state index is 12.8. The van der Waals surface area contributed by atoms with Crippen LogP contribution in [0.3, 0.4) is 0 Å². The van der Waals surface area contributed by atoms with Crippen LogP contribution in [0.5, 0.6) is 0 Å². The molecule has 1 fully saturated rings. The van der Waals surface area contributed by atoms with E-state index in [2.05, 4.69) is 61.4 Å². The third kappa shape index (κ3) is 3.11. The summed E-state index contributed by atoms with van der Waals surface area (Å²) in [6, 6.07) is 6.39. The summed E-state index contributed by atoms with van der Waals surface area (Å²) in [6.07, 6.45) is 5.15. The van der Waals surface area contributed by atoms with E-state index in [1.807, 2.05) is 17.2 Å². The van der Waals surface area contributed by atoms with Gasteiger partial charge in [-0.05, 0) is 56.9 Å². The molecule has 142 valence electrons. The number of amides is 1. The van der Waals surface area contributed by atoms with E-state index in [0.29, 0.717) is 0 Å². The molecule has 0 aromatic heterocycles. The molecular formula is C22H28N4O. The number of allylic oxidation sites excluding steroid dienone is 2. The number of likely N-dealkylation sites (tertiary alicyclic amines) is 1. The third-order valence-electron chi connectivity index (χ3n) is 5.95. The molecule has 1 aromatic rings. The fourth-order valence-electron chi connectivity index (χ4n) is 3.88. The minimum atomic E-state index is 0.0299. The van der Waals surface area contributed by atoms with Gasteiger partial charge in [0.1, 0.15) is 6.17 Å². The van der Waals surface area contributed by atoms with Crippen LogP contribution in [0.25, 0.3) is 0 Å². The molecule has 0 spiro atoms. The van der Waals surface area contributed by atoms with Gasteiger partial charge in [-0.3, -0.25) is 4.79 Å². The summed E-state index contributed by atoms with van der Waals surface area (Å²) in [7, 11) is 0. The summed E-state index contributed by atoms with van der Waals surface area (Å²) in [5.74, 6) is 0.128. The molecule has 1 amide bonds. The van der Waals surface area contributed by atoms with Crippen molar-refractivity contribution < 1.29 is 4.79 Å². The van der Waals surface area contributed by atoms with Gasteiger partial charge < -0.3 is 20.4 Å². The number of nitrogens with one attached hydrogen (secondary N) is 2. The number of aryl methyl sites for hydroxylation is 2. The Kier molecular flexibility index (Phi) is 4.46. The number of hydrogen-bond donors (Lipinski definition) is 2. The van der Waals surface area contributed by atoms with E-state index in [4.69, 9.17) is 0 Å². The molecule has 0 aliphatic carbocycles. The Bertz CT molecular complexity index is 856. The lowest BCUT2D eigenvalue weighted by atomic mass is 10.0. The first-order chi connectivity index (χ1) is 13.0. The molecule has 0 radical (unpaired) electrons. The number of benzene rings is 1. The van der Waals surface area contributed by atoms with Gasteiger partial charge in [0, 0.05) is 37.2 Å². The third-order valence-corrected chi connectivity index (χ3v) is 5.95. The van der Waals surface area contributed by atoms with Crippen molar-refractivity contribution in [2.75, 3.05) is 13.1 Å². The molecule has 1 atom stereocenters. The molecule has 3 aliphatic rings. The first-order valence-corrected chi connectivity index (χ1v) is 9.69. The molecule has 3 heterocycles. The highest BCUT2D eigenvalue weighted by atomic mass is 16.2. The monoisotopic (exact) mass is 364 g/mol. The minimum absolute atomic E-state index is 0.0299. The number of hydrogen-bond acceptors (Lipinski definition) is 4. The zero-order chi connectivity index (χ0) is 19.1. The molecule has 3 aliphatic heterocycles. The van der Waals surface area contributed by atoms with Crippen LogP contribution in [-0.4, -0.2) is 35.0 Å². The highest BCUT2D eigenvalue weighted by Crippen LogP contribution is 2.30. The van der Waals surface area contributed by atoms with Gasteiger partial charge in [0.05, 0.1) is 11.3 Å². The van der Waals surface area contributed by atoms with Crippen molar-refractivity contribution in [1.29, 1.82) is 0 Å². The number of carbonyl (C=O) groups excluding carboxylic acids is 1. The summed E-state index contributed by atoms with van der Waals surface area (Å²) < 4.78 is 0. The van der Waals surface area contributed by atoms with Crippen molar-refractivity contribution in [3.63, 3.8) is 0 Å². The van der Waals surface area contributed by atoms with Crippen LogP contribution in [0, 0.1) is 13.8 Å². The Morgan fingerprint density at radius 1 is 1.19 bits per heavy atom. The summed E-state index contributed by atoms with van der Waals surface area (Å²) in [4.78, 5) is 16.9. The smallest absolute Gasteiger partial charge is 0.255 e. The molecule has 5 nitrogen and oxygen atoms in total. The van der Waals surface area contributed by atoms with E-state index >= 15 is 0 Å². The van der Waals surface area contributed by atoms with Crippen LogP contribution >= 0.6 is 0 Å². The van der Waals surface area contributed by atoms with Crippen molar-refractivity contribution in [2.24, 2.45) is 0 Å². The fraction of sp³-hybridized carbons (Fsp3) is 0.409. The summed E-state index contributed by atoms with van der Waals surface area (Å²) in [6.45, 7) is 11.0. The van der Waals surface area contributed by atoms with Crippen LogP contribution in [-0.2, 0) is 11.3 Å². The van der Waals surface area contributed by atoms with Crippen molar-refractivity contribution in [3.05, 3.63) is 69.8 Å². The van der Waals surface area contributed by atoms with E-state index in [9.17, 15) is 4.79 Å². The second-order valence-electron chi connectivity index (χ2n) is 7.72. The molecule has 1 aromatic carbocycles. The molecule has 1 unspecified atom stereocenters. The van der Waals surface area contributed by atoms with Crippen molar-refractivity contribution >= 4 is 5.91 Å². The fourth-order valence-corrected chi connectivity index (χ4v) is 3.88. The van der Waals surface area contributed by atoms with E-state index < -0.39 is 0 Å². The summed E-state index contributed by atoms with van der Waals surface area (Å²) >= 11 is 0. The first kappa shape index (κ1) is 17.7. The van der Waals surface area contributed by atoms with Gasteiger partial charge in [-0.2, -0.15) is 0 Å². The molecule has 5 heteroatoms. The van der Waals surface area contributed by atoms with Gasteiger partial charge in [0.2, 0.25) is 0 Å². The van der Waals surface area contributed by atoms with Crippen LogP contribution in [0.2, 0.25) is 0 Å². The van der Waals surface area contributed by atoms with E-state index in [0.717, 1.165) is 48.7 Å². The summed E-state index contributed by atoms with van der Waals surface area (Å²) in [5, 5.41) is 7.15. The number of fused-ring (bicyclic) bond motifs is 1. The SMILES string of the molecule is CC1=C(C)N2C=C(C(=O)N3CCC3)C=C(NCc3c(C)cccc3C)C2N1. The molecule has 1 saturated heterocycles. The van der Waals surface area contributed by atoms with Gasteiger partial charge >= 0.3 is 0 Å². The lowest BCUT2D eigenvalue weighted by Gasteiger charge is -2.35. The quantitative estimate of drug-likeness (QED) is 0.863. The van der Waals surface area contributed by atoms with E-state index in [-0.39, 0.29) is 12.1 Å². The Labute approximate surface area is 161 Å². The molecule has 4 rings (SSSR count). The topological polar surface area (TPSA) is 47.6 Å². The number of carbonyl (C=O) groups is 1. The summed E-state index contributed by atoms with van der Waals surface area (Å²) in [5.41, 5.74) is 7.99. The molecular weight excluding hydrogens is 336 g/mol. The maximum atomic E-state index is 12.8. The molecule has 27 heavy (non-hydrogen) atoms. The molecule has 0 saturated carbocycles. The van der Waals surface area contributed by atoms with E-state index in [1.165, 1.54) is 16.7 Å². The van der Waals surface area contributed by atoms with Crippen molar-refractivity contribution in [3.8, 4) is 0 Å². The lowest BCUT2D eigenvalue weighted by Crippen LogP contribution is -2.46. The van der Waals surface area contributed by atoms with Crippen LogP contribution < -0.4 is 10.6 Å². The number of nitrogens with zero attached hydrogens (tertiary/aromatic N) is 2. The highest BCUT2D eigenvalue weighted by molar-refractivity contribution is 5.97. The molecule has 0 bridgehead atoms. The van der Waals surface area contributed by atoms with Crippen molar-refractivity contribution in [2.45, 2.75) is 46.8 Å². The molecule has 2 N–H and O–H groups in total. The zero-order valence-electron chi connectivity index (χ0n) is 16.6. The van der Waals surface area contributed by atoms with Gasteiger partial charge in [-0.25, -0.2) is 0 Å². The van der Waals surface area contributed by atoms with Crippen LogP contribution in [0.1, 0.15) is 37.0 Å². The highest BCUT2D eigenvalue weighted by Gasteiger charge is 2.34. The Morgan fingerprint density at radius 3 is 2.52 bits per heavy atom. The standard InChI is InChI=1S/C22H28N4O/c1-14-7-5-8-15(2)19(14)12-23-20-11-18(22(27)25-9-6-10-25)13-26-17(4)16(3)24-21(20)26/h5,7-8,11,13,21,23-24H,6,9-10,12H2,1-4H3. The van der Waals surface area contributed by atoms with E-state index in [1.54, 1.807) is 0 Å². The number of rotatable bonds is 4. The van der Waals surface area contributed by atoms with Gasteiger partial charge in [0.15, 0.2) is 0 Å². The van der Waals surface area contributed by atoms with Crippen molar-refractivity contribution in [1.82, 2.24) is 20.4 Å². The van der Waals surface area contributed by atoms with Crippen LogP contribution in [0.4, 0.5) is 0 Å². The first-order valence-electron chi connectivity index (χ1n) is 9.69. The predicted molar refractivity (Wildman–Crippen MR) is 107 cm³/mol. The van der Waals surface area contributed by atoms with Crippen LogP contribution in [0.15, 0.2) is 53.1 Å². The Balaban J connectivity index is 1.60. The normalized spacial score (nSPS) is 21.3. The Morgan fingerprint density at radius 2 is 1.89 bits per heavy atom. The van der Waals surface area contributed by atoms with Gasteiger partial charge in [0.25, 0.3) is 5.91 Å². The zero-order valence-corrected chi connectivity index (χ0v) is 16.6. The Hall–Kier alpha value is -2.69. The largest absolute Gasteiger partial charge is 0.381 e. The second kappa shape index (κ2) is 6.80. The van der Waals surface area contributed by atoms with Gasteiger partial charge in [-0.1, -0.05) is 18.2 Å². The van der Waals surface area contributed by atoms with Gasteiger partial charge in [-0.15, -0.1) is 0 Å². The predicted octanol–water partition coefficient (Wildman–Crippen LogP) is 2.89.